The minimum Gasteiger partial charge on any atom is -0.382 e. The average molecular weight is 432 g/mol. The molecule has 1 fully saturated rings. The topological polar surface area (TPSA) is 118 Å². The van der Waals surface area contributed by atoms with Crippen LogP contribution in [0.15, 0.2) is 29.3 Å². The van der Waals surface area contributed by atoms with Crippen LogP contribution in [0.4, 0.5) is 0 Å². The van der Waals surface area contributed by atoms with Crippen molar-refractivity contribution in [3.63, 3.8) is 0 Å². The average Bonchev–Trinajstić information content (AvgIpc) is 3.23. The van der Waals surface area contributed by atoms with Crippen molar-refractivity contribution in [2.24, 2.45) is 16.1 Å². The number of nitrogens with zero attached hydrogens (tertiary/aromatic N) is 1. The molecule has 1 aliphatic carbocycles. The molecular formula is C23H37N5O3. The lowest BCUT2D eigenvalue weighted by atomic mass is 9.83. The number of rotatable bonds is 12. The molecule has 0 saturated heterocycles. The maximum absolute atomic E-state index is 12.0. The molecular weight excluding hydrogens is 394 g/mol. The zero-order valence-electron chi connectivity index (χ0n) is 18.8. The Morgan fingerprint density at radius 2 is 1.81 bits per heavy atom. The molecule has 0 unspecified atom stereocenters. The number of amides is 2. The maximum Gasteiger partial charge on any atom is 0.251 e. The Morgan fingerprint density at radius 1 is 1.10 bits per heavy atom. The van der Waals surface area contributed by atoms with Crippen LogP contribution < -0.4 is 21.7 Å². The molecule has 31 heavy (non-hydrogen) atoms. The fourth-order valence-electron chi connectivity index (χ4n) is 3.89. The summed E-state index contributed by atoms with van der Waals surface area (Å²) in [5.74, 6) is -0.0914. The number of primary amides is 1. The second kappa shape index (κ2) is 12.9. The van der Waals surface area contributed by atoms with Crippen molar-refractivity contribution in [1.29, 1.82) is 0 Å². The molecule has 5 N–H and O–H groups in total. The lowest BCUT2D eigenvalue weighted by Gasteiger charge is -2.30. The van der Waals surface area contributed by atoms with Crippen LogP contribution in [-0.4, -0.2) is 50.6 Å². The third-order valence-electron chi connectivity index (χ3n) is 5.68. The Labute approximate surface area is 185 Å². The van der Waals surface area contributed by atoms with Crippen LogP contribution in [0.25, 0.3) is 0 Å². The molecule has 0 spiro atoms. The maximum atomic E-state index is 12.0. The quantitative estimate of drug-likeness (QED) is 0.229. The summed E-state index contributed by atoms with van der Waals surface area (Å²) in [5, 5.41) is 9.33. The van der Waals surface area contributed by atoms with Gasteiger partial charge in [-0.3, -0.25) is 9.59 Å². The van der Waals surface area contributed by atoms with E-state index in [1.165, 1.54) is 25.7 Å². The first-order valence-corrected chi connectivity index (χ1v) is 11.2. The van der Waals surface area contributed by atoms with Gasteiger partial charge in [0.1, 0.15) is 0 Å². The summed E-state index contributed by atoms with van der Waals surface area (Å²) in [6.07, 6.45) is 6.09. The second-order valence-electron chi connectivity index (χ2n) is 8.05. The number of nitrogens with one attached hydrogen (secondary N) is 3. The standard InChI is InChI=1S/C23H37N5O3/c1-3-25-22(28-17-23(11-5-6-12-23)13-14-31-4-2)27-15-18-7-9-19(10-8-18)21(30)26-16-20(24)29/h7-10H,3-6,11-17H2,1-2H3,(H2,24,29)(H,26,30)(H2,25,27,28). The summed E-state index contributed by atoms with van der Waals surface area (Å²) in [6.45, 7) is 7.68. The Balaban J connectivity index is 1.92. The summed E-state index contributed by atoms with van der Waals surface area (Å²) >= 11 is 0. The van der Waals surface area contributed by atoms with Gasteiger partial charge in [-0.25, -0.2) is 4.99 Å². The van der Waals surface area contributed by atoms with E-state index >= 15 is 0 Å². The third-order valence-corrected chi connectivity index (χ3v) is 5.68. The molecule has 0 heterocycles. The van der Waals surface area contributed by atoms with Crippen molar-refractivity contribution in [2.75, 3.05) is 32.8 Å². The van der Waals surface area contributed by atoms with Crippen molar-refractivity contribution < 1.29 is 14.3 Å². The highest BCUT2D eigenvalue weighted by Crippen LogP contribution is 2.40. The van der Waals surface area contributed by atoms with E-state index in [1.807, 2.05) is 19.1 Å². The van der Waals surface area contributed by atoms with Crippen LogP contribution in [0.3, 0.4) is 0 Å². The summed E-state index contributed by atoms with van der Waals surface area (Å²) < 4.78 is 5.61. The summed E-state index contributed by atoms with van der Waals surface area (Å²) in [6, 6.07) is 7.19. The molecule has 2 rings (SSSR count). The minimum absolute atomic E-state index is 0.172. The van der Waals surface area contributed by atoms with Gasteiger partial charge in [-0.2, -0.15) is 0 Å². The molecule has 0 aliphatic heterocycles. The number of ether oxygens (including phenoxy) is 1. The van der Waals surface area contributed by atoms with Crippen molar-refractivity contribution in [2.45, 2.75) is 52.5 Å². The summed E-state index contributed by atoms with van der Waals surface area (Å²) in [7, 11) is 0. The molecule has 8 nitrogen and oxygen atoms in total. The first kappa shape index (κ1) is 24.7. The second-order valence-corrected chi connectivity index (χ2v) is 8.05. The van der Waals surface area contributed by atoms with E-state index < -0.39 is 5.91 Å². The SMILES string of the molecule is CCNC(=NCc1ccc(C(=O)NCC(N)=O)cc1)NCC1(CCOCC)CCCC1. The first-order chi connectivity index (χ1) is 15.0. The largest absolute Gasteiger partial charge is 0.382 e. The van der Waals surface area contributed by atoms with Crippen LogP contribution in [0.5, 0.6) is 0 Å². The zero-order valence-corrected chi connectivity index (χ0v) is 18.8. The number of carbonyl (C=O) groups excluding carboxylic acids is 2. The van der Waals surface area contributed by atoms with E-state index in [-0.39, 0.29) is 17.9 Å². The van der Waals surface area contributed by atoms with Gasteiger partial charge >= 0.3 is 0 Å². The van der Waals surface area contributed by atoms with Gasteiger partial charge in [0.2, 0.25) is 5.91 Å². The highest BCUT2D eigenvalue weighted by atomic mass is 16.5. The zero-order chi connectivity index (χ0) is 22.5. The summed E-state index contributed by atoms with van der Waals surface area (Å²) in [4.78, 5) is 27.5. The van der Waals surface area contributed by atoms with E-state index in [4.69, 9.17) is 15.5 Å². The molecule has 172 valence electrons. The normalized spacial score (nSPS) is 15.5. The fraction of sp³-hybridized carbons (Fsp3) is 0.609. The molecule has 0 bridgehead atoms. The molecule has 0 aromatic heterocycles. The van der Waals surface area contributed by atoms with Crippen molar-refractivity contribution in [3.8, 4) is 0 Å². The number of carbonyl (C=O) groups is 2. The van der Waals surface area contributed by atoms with Crippen molar-refractivity contribution in [1.82, 2.24) is 16.0 Å². The first-order valence-electron chi connectivity index (χ1n) is 11.2. The van der Waals surface area contributed by atoms with Gasteiger partial charge in [0, 0.05) is 31.9 Å². The van der Waals surface area contributed by atoms with E-state index in [2.05, 4.69) is 22.9 Å². The van der Waals surface area contributed by atoms with Crippen LogP contribution in [0.2, 0.25) is 0 Å². The van der Waals surface area contributed by atoms with E-state index in [9.17, 15) is 9.59 Å². The number of guanidine groups is 1. The van der Waals surface area contributed by atoms with Crippen LogP contribution in [0.1, 0.15) is 61.9 Å². The van der Waals surface area contributed by atoms with Crippen LogP contribution in [0, 0.1) is 5.41 Å². The van der Waals surface area contributed by atoms with Gasteiger partial charge in [0.15, 0.2) is 5.96 Å². The smallest absolute Gasteiger partial charge is 0.251 e. The van der Waals surface area contributed by atoms with Gasteiger partial charge in [-0.05, 0) is 56.2 Å². The van der Waals surface area contributed by atoms with Crippen LogP contribution in [-0.2, 0) is 16.1 Å². The molecule has 2 amide bonds. The number of hydrogen-bond donors (Lipinski definition) is 4. The number of nitrogens with two attached hydrogens (primary N) is 1. The van der Waals surface area contributed by atoms with Gasteiger partial charge in [0.05, 0.1) is 13.1 Å². The van der Waals surface area contributed by atoms with Gasteiger partial charge < -0.3 is 26.4 Å². The molecule has 0 atom stereocenters. The van der Waals surface area contributed by atoms with Crippen molar-refractivity contribution >= 4 is 17.8 Å². The Morgan fingerprint density at radius 3 is 2.42 bits per heavy atom. The van der Waals surface area contributed by atoms with Crippen molar-refractivity contribution in [3.05, 3.63) is 35.4 Å². The predicted molar refractivity (Wildman–Crippen MR) is 123 cm³/mol. The van der Waals surface area contributed by atoms with E-state index in [1.54, 1.807) is 12.1 Å². The van der Waals surface area contributed by atoms with Gasteiger partial charge in [0.25, 0.3) is 5.91 Å². The lowest BCUT2D eigenvalue weighted by Crippen LogP contribution is -2.43. The molecule has 1 aromatic rings. The van der Waals surface area contributed by atoms with Gasteiger partial charge in [-0.15, -0.1) is 0 Å². The molecule has 1 aromatic carbocycles. The van der Waals surface area contributed by atoms with Gasteiger partial charge in [-0.1, -0.05) is 25.0 Å². The monoisotopic (exact) mass is 431 g/mol. The minimum atomic E-state index is -0.569. The molecule has 0 radical (unpaired) electrons. The number of hydrogen-bond acceptors (Lipinski definition) is 4. The number of aliphatic imine (C=N–C) groups is 1. The highest BCUT2D eigenvalue weighted by Gasteiger charge is 2.33. The fourth-order valence-corrected chi connectivity index (χ4v) is 3.89. The van der Waals surface area contributed by atoms with Crippen LogP contribution >= 0.6 is 0 Å². The Kier molecular flexibility index (Phi) is 10.3. The Bertz CT molecular complexity index is 727. The highest BCUT2D eigenvalue weighted by molar-refractivity contribution is 5.96. The predicted octanol–water partition coefficient (Wildman–Crippen LogP) is 1.94. The molecule has 1 saturated carbocycles. The number of benzene rings is 1. The lowest BCUT2D eigenvalue weighted by molar-refractivity contribution is -0.117. The molecule has 8 heteroatoms. The molecule has 1 aliphatic rings. The van der Waals surface area contributed by atoms with E-state index in [0.29, 0.717) is 12.1 Å². The summed E-state index contributed by atoms with van der Waals surface area (Å²) in [5.41, 5.74) is 6.81. The van der Waals surface area contributed by atoms with E-state index in [0.717, 1.165) is 44.2 Å². The Hall–Kier alpha value is -2.61. The third kappa shape index (κ3) is 8.57.